The summed E-state index contributed by atoms with van der Waals surface area (Å²) in [6.07, 6.45) is 2.17. The highest BCUT2D eigenvalue weighted by atomic mass is 16.2. The maximum atomic E-state index is 10.4. The van der Waals surface area contributed by atoms with Gasteiger partial charge < -0.3 is 10.7 Å². The lowest BCUT2D eigenvalue weighted by Crippen LogP contribution is -2.16. The Kier molecular flexibility index (Phi) is 1.49. The van der Waals surface area contributed by atoms with E-state index in [1.165, 1.54) is 6.20 Å². The Labute approximate surface area is 55.9 Å². The number of aromatic nitrogens is 2. The first kappa shape index (κ1) is 6.47. The van der Waals surface area contributed by atoms with Crippen molar-refractivity contribution in [3.8, 4) is 0 Å². The molecule has 1 amide bonds. The van der Waals surface area contributed by atoms with Crippen LogP contribution in [0.15, 0.2) is 17.2 Å². The van der Waals surface area contributed by atoms with Gasteiger partial charge in [-0.25, -0.2) is 4.98 Å². The molecular formula is C5H5N3O2. The molecule has 0 unspecified atom stereocenters. The number of nitrogens with one attached hydrogen (secondary N) is 1. The first-order valence-corrected chi connectivity index (χ1v) is 2.54. The van der Waals surface area contributed by atoms with Crippen molar-refractivity contribution in [2.45, 2.75) is 0 Å². The number of hydrogen-bond acceptors (Lipinski definition) is 3. The van der Waals surface area contributed by atoms with Crippen molar-refractivity contribution in [3.63, 3.8) is 0 Å². The first-order chi connectivity index (χ1) is 4.70. The molecule has 5 heteroatoms. The third-order valence-corrected chi connectivity index (χ3v) is 0.924. The van der Waals surface area contributed by atoms with Gasteiger partial charge in [0.05, 0.1) is 6.20 Å². The van der Waals surface area contributed by atoms with E-state index in [9.17, 15) is 9.59 Å². The Bertz CT molecular complexity index is 284. The number of amides is 1. The molecule has 1 rings (SSSR count). The van der Waals surface area contributed by atoms with Gasteiger partial charge in [0.2, 0.25) is 0 Å². The maximum Gasteiger partial charge on any atom is 0.268 e. The van der Waals surface area contributed by atoms with E-state index in [4.69, 9.17) is 5.73 Å². The minimum absolute atomic E-state index is 0.0552. The van der Waals surface area contributed by atoms with E-state index >= 15 is 0 Å². The highest BCUT2D eigenvalue weighted by Gasteiger charge is 1.98. The van der Waals surface area contributed by atoms with Gasteiger partial charge in [-0.1, -0.05) is 0 Å². The zero-order valence-corrected chi connectivity index (χ0v) is 5.00. The van der Waals surface area contributed by atoms with E-state index in [-0.39, 0.29) is 11.3 Å². The van der Waals surface area contributed by atoms with E-state index in [1.54, 1.807) is 0 Å². The van der Waals surface area contributed by atoms with E-state index in [0.717, 1.165) is 6.20 Å². The van der Waals surface area contributed by atoms with E-state index in [2.05, 4.69) is 9.97 Å². The second-order valence-electron chi connectivity index (χ2n) is 1.66. The van der Waals surface area contributed by atoms with Gasteiger partial charge in [-0.15, -0.1) is 0 Å². The lowest BCUT2D eigenvalue weighted by molar-refractivity contribution is 0.0995. The summed E-state index contributed by atoms with van der Waals surface area (Å²) in [6.45, 7) is 0. The predicted octanol–water partition coefficient (Wildman–Crippen LogP) is -1.13. The molecule has 0 fully saturated rings. The van der Waals surface area contributed by atoms with Crippen molar-refractivity contribution in [1.82, 2.24) is 9.97 Å². The topological polar surface area (TPSA) is 88.8 Å². The van der Waals surface area contributed by atoms with Crippen LogP contribution in [0.3, 0.4) is 0 Å². The monoisotopic (exact) mass is 142 g/mol. The van der Waals surface area contributed by atoms with Gasteiger partial charge in [0, 0.05) is 6.20 Å². The smallest absolute Gasteiger partial charge is 0.268 e. The van der Waals surface area contributed by atoms with Crippen molar-refractivity contribution < 1.29 is 4.79 Å². The average Bonchev–Trinajstić information content (AvgIpc) is 1.88. The average molecular weight is 142 g/mol. The van der Waals surface area contributed by atoms with E-state index in [0.29, 0.717) is 0 Å². The molecule has 0 aliphatic heterocycles. The molecule has 1 heterocycles. The van der Waals surface area contributed by atoms with Crippen molar-refractivity contribution in [2.75, 3.05) is 0 Å². The van der Waals surface area contributed by atoms with Gasteiger partial charge in [0.1, 0.15) is 5.69 Å². The molecule has 0 bridgehead atoms. The number of hydrogen-bond donors (Lipinski definition) is 2. The highest BCUT2D eigenvalue weighted by Crippen LogP contribution is 1.82. The summed E-state index contributed by atoms with van der Waals surface area (Å²) in [4.78, 5) is 26.4. The Hall–Kier alpha value is -1.65. The minimum Gasteiger partial charge on any atom is -0.364 e. The lowest BCUT2D eigenvalue weighted by atomic mass is 10.9. The summed E-state index contributed by atoms with van der Waals surface area (Å²) in [5.41, 5.74) is 4.54. The van der Waals surface area contributed by atoms with Crippen molar-refractivity contribution in [1.29, 1.82) is 0 Å². The largest absolute Gasteiger partial charge is 0.364 e. The Morgan fingerprint density at radius 2 is 2.40 bits per heavy atom. The van der Waals surface area contributed by atoms with Crippen LogP contribution in [0.5, 0.6) is 0 Å². The van der Waals surface area contributed by atoms with E-state index in [1.807, 2.05) is 0 Å². The summed E-state index contributed by atoms with van der Waals surface area (Å²) in [5.74, 6) is -0.656. The third-order valence-electron chi connectivity index (χ3n) is 0.924. The van der Waals surface area contributed by atoms with Gasteiger partial charge in [0.15, 0.2) is 0 Å². The number of H-pyrrole nitrogens is 1. The van der Waals surface area contributed by atoms with Crippen molar-refractivity contribution in [3.05, 3.63) is 28.4 Å². The molecule has 0 saturated heterocycles. The number of carbonyl (C=O) groups excluding carboxylic acids is 1. The second-order valence-corrected chi connectivity index (χ2v) is 1.66. The molecule has 0 saturated carbocycles. The van der Waals surface area contributed by atoms with Crippen LogP contribution in [-0.2, 0) is 0 Å². The van der Waals surface area contributed by atoms with Gasteiger partial charge in [-0.05, 0) is 0 Å². The molecular weight excluding hydrogens is 137 g/mol. The molecule has 10 heavy (non-hydrogen) atoms. The molecule has 0 aromatic carbocycles. The molecule has 1 aromatic heterocycles. The van der Waals surface area contributed by atoms with Crippen molar-refractivity contribution in [2.24, 2.45) is 5.73 Å². The first-order valence-electron chi connectivity index (χ1n) is 2.54. The molecule has 5 nitrogen and oxygen atoms in total. The van der Waals surface area contributed by atoms with Crippen LogP contribution < -0.4 is 11.3 Å². The summed E-state index contributed by atoms with van der Waals surface area (Å²) < 4.78 is 0. The fraction of sp³-hybridized carbons (Fsp3) is 0. The van der Waals surface area contributed by atoms with Crippen LogP contribution in [0.2, 0.25) is 0 Å². The lowest BCUT2D eigenvalue weighted by Gasteiger charge is -1.88. The number of nitrogens with two attached hydrogens (primary N) is 1. The van der Waals surface area contributed by atoms with Crippen LogP contribution in [0.25, 0.3) is 0 Å². The summed E-state index contributed by atoms with van der Waals surface area (Å²) >= 11 is 0. The molecule has 3 N–H and O–H groups in total. The Morgan fingerprint density at radius 3 is 2.80 bits per heavy atom. The van der Waals surface area contributed by atoms with Crippen molar-refractivity contribution >= 4 is 5.91 Å². The Balaban J connectivity index is 3.12. The number of rotatable bonds is 1. The quantitative estimate of drug-likeness (QED) is 0.486. The van der Waals surface area contributed by atoms with Crippen LogP contribution in [0.1, 0.15) is 10.5 Å². The normalized spacial score (nSPS) is 9.20. The standard InChI is InChI=1S/C5H5N3O2/c6-5(10)3-1-8-4(9)2-7-3/h1-2H,(H2,6,10)(H,8,9)/i1+1,3+1,5+1. The van der Waals surface area contributed by atoms with Gasteiger partial charge in [-0.3, -0.25) is 9.59 Å². The molecule has 0 aliphatic rings. The zero-order valence-electron chi connectivity index (χ0n) is 5.00. The summed E-state index contributed by atoms with van der Waals surface area (Å²) in [7, 11) is 0. The van der Waals surface area contributed by atoms with Crippen LogP contribution in [0.4, 0.5) is 0 Å². The molecule has 0 aliphatic carbocycles. The number of carbonyl (C=O) groups is 1. The maximum absolute atomic E-state index is 10.4. The van der Waals surface area contributed by atoms with Crippen LogP contribution in [-0.4, -0.2) is 15.9 Å². The van der Waals surface area contributed by atoms with E-state index < -0.39 is 5.91 Å². The molecule has 0 spiro atoms. The number of nitrogens with zero attached hydrogens (tertiary/aromatic N) is 1. The van der Waals surface area contributed by atoms with Crippen LogP contribution >= 0.6 is 0 Å². The molecule has 0 atom stereocenters. The fourth-order valence-corrected chi connectivity index (χ4v) is 0.477. The number of primary amides is 1. The molecule has 1 aromatic rings. The Morgan fingerprint density at radius 1 is 1.70 bits per heavy atom. The zero-order chi connectivity index (χ0) is 7.56. The SMILES string of the molecule is N[13C](=O)[13c]1[13cH][nH]c(=O)cn1. The van der Waals surface area contributed by atoms with Gasteiger partial charge >= 0.3 is 0 Å². The second kappa shape index (κ2) is 2.30. The predicted molar refractivity (Wildman–Crippen MR) is 33.4 cm³/mol. The highest BCUT2D eigenvalue weighted by molar-refractivity contribution is 5.90. The van der Waals surface area contributed by atoms with Gasteiger partial charge in [0.25, 0.3) is 11.5 Å². The minimum atomic E-state index is -0.656. The third kappa shape index (κ3) is 1.19. The van der Waals surface area contributed by atoms with Gasteiger partial charge in [-0.2, -0.15) is 0 Å². The number of aromatic amines is 1. The molecule has 0 radical (unpaired) electrons. The summed E-state index contributed by atoms with van der Waals surface area (Å²) in [5, 5.41) is 0. The molecule has 52 valence electrons. The fourth-order valence-electron chi connectivity index (χ4n) is 0.477. The summed E-state index contributed by atoms with van der Waals surface area (Å²) in [6, 6.07) is 0. The van der Waals surface area contributed by atoms with Crippen LogP contribution in [0, 0.1) is 0 Å².